The average molecular weight is 447 g/mol. The Morgan fingerprint density at radius 2 is 1.64 bits per heavy atom. The smallest absolute Gasteiger partial charge is 0.290 e. The zero-order chi connectivity index (χ0) is 23.6. The molecule has 0 spiro atoms. The highest BCUT2D eigenvalue weighted by atomic mass is 16.3. The maximum atomic E-state index is 13.3. The van der Waals surface area contributed by atoms with Gasteiger partial charge in [0.2, 0.25) is 0 Å². The molecule has 5 heteroatoms. The summed E-state index contributed by atoms with van der Waals surface area (Å²) in [6.07, 6.45) is 4.20. The van der Waals surface area contributed by atoms with Crippen LogP contribution in [0.5, 0.6) is 0 Å². The lowest BCUT2D eigenvalue weighted by Gasteiger charge is -2.37. The average Bonchev–Trinajstić information content (AvgIpc) is 3.40. The summed E-state index contributed by atoms with van der Waals surface area (Å²) >= 11 is 0. The first-order chi connectivity index (χ1) is 15.9. The molecule has 174 valence electrons. The summed E-state index contributed by atoms with van der Waals surface area (Å²) in [5.74, 6) is -1.11. The lowest BCUT2D eigenvalue weighted by Crippen LogP contribution is -2.42. The van der Waals surface area contributed by atoms with Crippen molar-refractivity contribution in [3.63, 3.8) is 0 Å². The maximum Gasteiger partial charge on any atom is 0.290 e. The van der Waals surface area contributed by atoms with Crippen molar-refractivity contribution in [2.75, 3.05) is 24.5 Å². The van der Waals surface area contributed by atoms with Gasteiger partial charge in [0.25, 0.3) is 5.91 Å². The van der Waals surface area contributed by atoms with Gasteiger partial charge >= 0.3 is 0 Å². The number of Topliss-reactive ketones (excluding diaryl/α,β-unsaturated/α-hetero) is 1. The summed E-state index contributed by atoms with van der Waals surface area (Å²) in [4.78, 5) is 29.9. The molecule has 1 aliphatic heterocycles. The standard InChI is InChI=1S/C28H34N2O3/c1-4-29(5-2)23-15-13-21(14-16-23)25-24(20(3)31)26(32)27(33)30(25)19-28(17-9-10-18-28)22-11-7-6-8-12-22/h6-8,11-16,25,32H,4-5,9-10,17-19H2,1-3H3. The zero-order valence-electron chi connectivity index (χ0n) is 19.9. The van der Waals surface area contributed by atoms with Crippen LogP contribution in [0, 0.1) is 0 Å². The highest BCUT2D eigenvalue weighted by Gasteiger charge is 2.47. The summed E-state index contributed by atoms with van der Waals surface area (Å²) in [5.41, 5.74) is 3.23. The van der Waals surface area contributed by atoms with Crippen LogP contribution in [0.4, 0.5) is 5.69 Å². The number of aliphatic hydroxyl groups excluding tert-OH is 1. The van der Waals surface area contributed by atoms with E-state index in [2.05, 4.69) is 30.9 Å². The third-order valence-electron chi connectivity index (χ3n) is 7.44. The minimum absolute atomic E-state index is 0.164. The molecule has 2 aliphatic rings. The third kappa shape index (κ3) is 4.17. The molecule has 33 heavy (non-hydrogen) atoms. The number of hydrogen-bond donors (Lipinski definition) is 1. The second-order valence-electron chi connectivity index (χ2n) is 9.27. The van der Waals surface area contributed by atoms with Crippen molar-refractivity contribution in [1.82, 2.24) is 4.90 Å². The van der Waals surface area contributed by atoms with Crippen molar-refractivity contribution in [3.8, 4) is 0 Å². The van der Waals surface area contributed by atoms with Gasteiger partial charge in [0.05, 0.1) is 11.6 Å². The fraction of sp³-hybridized carbons (Fsp3) is 0.429. The van der Waals surface area contributed by atoms with Crippen LogP contribution in [0.15, 0.2) is 65.9 Å². The van der Waals surface area contributed by atoms with Crippen LogP contribution in [-0.4, -0.2) is 41.3 Å². The van der Waals surface area contributed by atoms with Crippen LogP contribution >= 0.6 is 0 Å². The van der Waals surface area contributed by atoms with E-state index in [-0.39, 0.29) is 16.8 Å². The van der Waals surface area contributed by atoms with Crippen molar-refractivity contribution in [2.24, 2.45) is 0 Å². The van der Waals surface area contributed by atoms with E-state index in [0.29, 0.717) is 6.54 Å². The van der Waals surface area contributed by atoms with E-state index in [1.165, 1.54) is 12.5 Å². The number of anilines is 1. The Hall–Kier alpha value is -3.08. The molecular weight excluding hydrogens is 412 g/mol. The Labute approximate surface area is 196 Å². The Morgan fingerprint density at radius 1 is 1.03 bits per heavy atom. The molecule has 1 aliphatic carbocycles. The molecule has 0 bridgehead atoms. The number of benzene rings is 2. The molecule has 5 nitrogen and oxygen atoms in total. The second-order valence-corrected chi connectivity index (χ2v) is 9.27. The number of rotatable bonds is 8. The van der Waals surface area contributed by atoms with Crippen LogP contribution in [-0.2, 0) is 15.0 Å². The van der Waals surface area contributed by atoms with Crippen molar-refractivity contribution >= 4 is 17.4 Å². The number of hydrogen-bond acceptors (Lipinski definition) is 4. The first kappa shape index (κ1) is 23.1. The molecule has 1 atom stereocenters. The number of amides is 1. The van der Waals surface area contributed by atoms with E-state index in [9.17, 15) is 14.7 Å². The molecule has 1 amide bonds. The molecule has 2 aromatic rings. The highest BCUT2D eigenvalue weighted by molar-refractivity contribution is 6.08. The molecule has 1 N–H and O–H groups in total. The maximum absolute atomic E-state index is 13.3. The quantitative estimate of drug-likeness (QED) is 0.595. The monoisotopic (exact) mass is 446 g/mol. The number of ketones is 1. The molecule has 1 fully saturated rings. The molecule has 0 aromatic heterocycles. The Morgan fingerprint density at radius 3 is 2.18 bits per heavy atom. The Kier molecular flexibility index (Phi) is 6.59. The Balaban J connectivity index is 1.74. The molecular formula is C28H34N2O3. The van der Waals surface area contributed by atoms with Gasteiger partial charge in [0.15, 0.2) is 11.5 Å². The van der Waals surface area contributed by atoms with Gasteiger partial charge in [-0.3, -0.25) is 9.59 Å². The minimum Gasteiger partial charge on any atom is -0.503 e. The first-order valence-electron chi connectivity index (χ1n) is 12.1. The fourth-order valence-electron chi connectivity index (χ4n) is 5.69. The highest BCUT2D eigenvalue weighted by Crippen LogP contribution is 2.46. The van der Waals surface area contributed by atoms with Crippen LogP contribution in [0.1, 0.15) is 63.6 Å². The van der Waals surface area contributed by atoms with Gasteiger partial charge in [0, 0.05) is 30.7 Å². The zero-order valence-corrected chi connectivity index (χ0v) is 19.9. The van der Waals surface area contributed by atoms with E-state index >= 15 is 0 Å². The summed E-state index contributed by atoms with van der Waals surface area (Å²) in [6.45, 7) is 7.97. The third-order valence-corrected chi connectivity index (χ3v) is 7.44. The van der Waals surface area contributed by atoms with Gasteiger partial charge < -0.3 is 14.9 Å². The summed E-state index contributed by atoms with van der Waals surface area (Å²) in [5, 5.41) is 10.7. The minimum atomic E-state index is -0.568. The van der Waals surface area contributed by atoms with Crippen LogP contribution in [0.3, 0.4) is 0 Å². The SMILES string of the molecule is CCN(CC)c1ccc(C2C(C(C)=O)=C(O)C(=O)N2CC2(c3ccccc3)CCCC2)cc1. The molecule has 0 radical (unpaired) electrons. The van der Waals surface area contributed by atoms with E-state index in [1.807, 2.05) is 42.5 Å². The molecule has 1 saturated carbocycles. The Bertz CT molecular complexity index is 1030. The van der Waals surface area contributed by atoms with Crippen molar-refractivity contribution < 1.29 is 14.7 Å². The molecule has 0 saturated heterocycles. The number of carbonyl (C=O) groups is 2. The second kappa shape index (κ2) is 9.42. The van der Waals surface area contributed by atoms with E-state index in [0.717, 1.165) is 50.0 Å². The summed E-state index contributed by atoms with van der Waals surface area (Å²) < 4.78 is 0. The van der Waals surface area contributed by atoms with E-state index in [4.69, 9.17) is 0 Å². The van der Waals surface area contributed by atoms with Gasteiger partial charge in [-0.2, -0.15) is 0 Å². The molecule has 1 unspecified atom stereocenters. The lowest BCUT2D eigenvalue weighted by molar-refractivity contribution is -0.130. The summed E-state index contributed by atoms with van der Waals surface area (Å²) in [6, 6.07) is 17.9. The van der Waals surface area contributed by atoms with Gasteiger partial charge in [-0.1, -0.05) is 55.3 Å². The van der Waals surface area contributed by atoms with Crippen LogP contribution in [0.2, 0.25) is 0 Å². The number of aliphatic hydroxyl groups is 1. The van der Waals surface area contributed by atoms with Crippen LogP contribution < -0.4 is 4.90 Å². The van der Waals surface area contributed by atoms with Gasteiger partial charge in [-0.05, 0) is 56.9 Å². The molecule has 1 heterocycles. The van der Waals surface area contributed by atoms with E-state index < -0.39 is 17.7 Å². The van der Waals surface area contributed by atoms with Gasteiger partial charge in [0.1, 0.15) is 0 Å². The molecule has 2 aromatic carbocycles. The van der Waals surface area contributed by atoms with Gasteiger partial charge in [-0.15, -0.1) is 0 Å². The van der Waals surface area contributed by atoms with E-state index in [1.54, 1.807) is 4.90 Å². The number of nitrogens with zero attached hydrogens (tertiary/aromatic N) is 2. The number of carbonyl (C=O) groups excluding carboxylic acids is 2. The first-order valence-corrected chi connectivity index (χ1v) is 12.1. The largest absolute Gasteiger partial charge is 0.503 e. The topological polar surface area (TPSA) is 60.9 Å². The van der Waals surface area contributed by atoms with Gasteiger partial charge in [-0.25, -0.2) is 0 Å². The van der Waals surface area contributed by atoms with Crippen LogP contribution in [0.25, 0.3) is 0 Å². The van der Waals surface area contributed by atoms with Crippen molar-refractivity contribution in [3.05, 3.63) is 77.1 Å². The lowest BCUT2D eigenvalue weighted by atomic mass is 9.78. The normalized spacial score (nSPS) is 19.9. The summed E-state index contributed by atoms with van der Waals surface area (Å²) in [7, 11) is 0. The fourth-order valence-corrected chi connectivity index (χ4v) is 5.69. The van der Waals surface area contributed by atoms with Crippen molar-refractivity contribution in [1.29, 1.82) is 0 Å². The predicted octanol–water partition coefficient (Wildman–Crippen LogP) is 5.33. The molecule has 4 rings (SSSR count). The predicted molar refractivity (Wildman–Crippen MR) is 131 cm³/mol. The van der Waals surface area contributed by atoms with Crippen molar-refractivity contribution in [2.45, 2.75) is 57.9 Å².